The van der Waals surface area contributed by atoms with Crippen LogP contribution in [0.15, 0.2) is 0 Å². The molecular formula is C12H21F3N2O. The predicted molar refractivity (Wildman–Crippen MR) is 63.1 cm³/mol. The van der Waals surface area contributed by atoms with Crippen LogP contribution in [-0.2, 0) is 4.79 Å². The molecule has 2 N–H and O–H groups in total. The van der Waals surface area contributed by atoms with Crippen molar-refractivity contribution >= 4 is 5.91 Å². The topological polar surface area (TPSA) is 41.1 Å². The fourth-order valence-electron chi connectivity index (χ4n) is 2.35. The van der Waals surface area contributed by atoms with E-state index in [0.29, 0.717) is 0 Å². The minimum Gasteiger partial charge on any atom is -0.346 e. The Morgan fingerprint density at radius 2 is 2.06 bits per heavy atom. The second kappa shape index (κ2) is 5.47. The van der Waals surface area contributed by atoms with Gasteiger partial charge in [-0.25, -0.2) is 0 Å². The Morgan fingerprint density at radius 1 is 1.44 bits per heavy atom. The van der Waals surface area contributed by atoms with Crippen LogP contribution in [0.25, 0.3) is 0 Å². The van der Waals surface area contributed by atoms with Gasteiger partial charge in [0.25, 0.3) is 0 Å². The molecule has 0 aromatic carbocycles. The van der Waals surface area contributed by atoms with Crippen LogP contribution >= 0.6 is 0 Å². The molecule has 1 aliphatic rings. The van der Waals surface area contributed by atoms with Crippen molar-refractivity contribution in [1.29, 1.82) is 0 Å². The van der Waals surface area contributed by atoms with E-state index in [1.807, 2.05) is 5.32 Å². The summed E-state index contributed by atoms with van der Waals surface area (Å²) in [4.78, 5) is 11.5. The van der Waals surface area contributed by atoms with Crippen LogP contribution in [0.5, 0.6) is 0 Å². The van der Waals surface area contributed by atoms with Crippen molar-refractivity contribution in [2.45, 2.75) is 58.3 Å². The fraction of sp³-hybridized carbons (Fsp3) is 0.917. The Kier molecular flexibility index (Phi) is 4.64. The van der Waals surface area contributed by atoms with Crippen molar-refractivity contribution in [3.8, 4) is 0 Å². The number of carbonyl (C=O) groups excluding carboxylic acids is 1. The molecule has 1 amide bonds. The van der Waals surface area contributed by atoms with Crippen molar-refractivity contribution in [3.63, 3.8) is 0 Å². The van der Waals surface area contributed by atoms with E-state index >= 15 is 0 Å². The Morgan fingerprint density at radius 3 is 2.50 bits per heavy atom. The van der Waals surface area contributed by atoms with Crippen molar-refractivity contribution in [2.24, 2.45) is 5.41 Å². The maximum Gasteiger partial charge on any atom is 0.405 e. The van der Waals surface area contributed by atoms with E-state index in [1.54, 1.807) is 6.92 Å². The molecule has 0 spiro atoms. The van der Waals surface area contributed by atoms with Gasteiger partial charge in [0.2, 0.25) is 5.91 Å². The monoisotopic (exact) mass is 266 g/mol. The molecule has 1 fully saturated rings. The van der Waals surface area contributed by atoms with E-state index in [4.69, 9.17) is 0 Å². The van der Waals surface area contributed by atoms with E-state index in [2.05, 4.69) is 19.2 Å². The number of halogens is 3. The number of alkyl halides is 3. The van der Waals surface area contributed by atoms with Gasteiger partial charge in [0.1, 0.15) is 6.54 Å². The summed E-state index contributed by atoms with van der Waals surface area (Å²) >= 11 is 0. The molecule has 0 heterocycles. The third-order valence-electron chi connectivity index (χ3n) is 3.31. The van der Waals surface area contributed by atoms with Crippen LogP contribution in [0.3, 0.4) is 0 Å². The number of hydrogen-bond acceptors (Lipinski definition) is 2. The van der Waals surface area contributed by atoms with Crippen LogP contribution in [0.4, 0.5) is 13.2 Å². The number of carbonyl (C=O) groups is 1. The van der Waals surface area contributed by atoms with Gasteiger partial charge in [-0.3, -0.25) is 4.79 Å². The molecule has 1 rings (SSSR count). The first-order valence-electron chi connectivity index (χ1n) is 6.20. The summed E-state index contributed by atoms with van der Waals surface area (Å²) in [6.45, 7) is 4.64. The molecule has 18 heavy (non-hydrogen) atoms. The number of rotatable bonds is 4. The highest BCUT2D eigenvalue weighted by atomic mass is 19.4. The summed E-state index contributed by atoms with van der Waals surface area (Å²) in [7, 11) is 0. The van der Waals surface area contributed by atoms with Gasteiger partial charge in [-0.2, -0.15) is 13.2 Å². The number of nitrogens with one attached hydrogen (secondary N) is 2. The molecule has 0 aromatic rings. The standard InChI is InChI=1S/C12H21F3N2O/c1-8(10(18)16-7-12(13,14)15)17-9-4-5-11(2,3)6-9/h8-9,17H,4-7H2,1-3H3,(H,16,18). The lowest BCUT2D eigenvalue weighted by molar-refractivity contribution is -0.139. The Balaban J connectivity index is 2.32. The zero-order chi connectivity index (χ0) is 14.0. The second-order valence-corrected chi connectivity index (χ2v) is 5.83. The second-order valence-electron chi connectivity index (χ2n) is 5.83. The Hall–Kier alpha value is -0.780. The minimum absolute atomic E-state index is 0.214. The summed E-state index contributed by atoms with van der Waals surface area (Å²) < 4.78 is 35.9. The summed E-state index contributed by atoms with van der Waals surface area (Å²) in [6.07, 6.45) is -1.37. The lowest BCUT2D eigenvalue weighted by Gasteiger charge is -2.21. The van der Waals surface area contributed by atoms with Gasteiger partial charge in [0.15, 0.2) is 0 Å². The normalized spacial score (nSPS) is 24.9. The highest BCUT2D eigenvalue weighted by molar-refractivity contribution is 5.81. The van der Waals surface area contributed by atoms with E-state index in [-0.39, 0.29) is 11.5 Å². The molecule has 0 bridgehead atoms. The van der Waals surface area contributed by atoms with E-state index in [1.165, 1.54) is 0 Å². The van der Waals surface area contributed by atoms with Gasteiger partial charge >= 0.3 is 6.18 Å². The number of amides is 1. The van der Waals surface area contributed by atoms with Gasteiger partial charge < -0.3 is 10.6 Å². The first kappa shape index (κ1) is 15.3. The largest absolute Gasteiger partial charge is 0.405 e. The van der Waals surface area contributed by atoms with Gasteiger partial charge in [0, 0.05) is 6.04 Å². The highest BCUT2D eigenvalue weighted by Gasteiger charge is 2.33. The van der Waals surface area contributed by atoms with Gasteiger partial charge in [0.05, 0.1) is 6.04 Å². The zero-order valence-electron chi connectivity index (χ0n) is 11.0. The van der Waals surface area contributed by atoms with E-state index in [9.17, 15) is 18.0 Å². The van der Waals surface area contributed by atoms with Crippen molar-refractivity contribution in [3.05, 3.63) is 0 Å². The molecule has 3 nitrogen and oxygen atoms in total. The molecule has 0 aliphatic heterocycles. The third-order valence-corrected chi connectivity index (χ3v) is 3.31. The van der Waals surface area contributed by atoms with Crippen LogP contribution in [-0.4, -0.2) is 30.7 Å². The maximum atomic E-state index is 12.0. The molecule has 2 atom stereocenters. The molecule has 106 valence electrons. The van der Waals surface area contributed by atoms with Crippen LogP contribution in [0, 0.1) is 5.41 Å². The van der Waals surface area contributed by atoms with Crippen molar-refractivity contribution in [1.82, 2.24) is 10.6 Å². The van der Waals surface area contributed by atoms with E-state index < -0.39 is 24.7 Å². The number of hydrogen-bond donors (Lipinski definition) is 2. The molecular weight excluding hydrogens is 245 g/mol. The lowest BCUT2D eigenvalue weighted by Crippen LogP contribution is -2.48. The zero-order valence-corrected chi connectivity index (χ0v) is 11.0. The maximum absolute atomic E-state index is 12.0. The molecule has 1 saturated carbocycles. The first-order chi connectivity index (χ1) is 8.09. The smallest absolute Gasteiger partial charge is 0.346 e. The molecule has 2 unspecified atom stereocenters. The van der Waals surface area contributed by atoms with Gasteiger partial charge in [-0.05, 0) is 31.6 Å². The molecule has 6 heteroatoms. The minimum atomic E-state index is -4.36. The quantitative estimate of drug-likeness (QED) is 0.819. The first-order valence-corrected chi connectivity index (χ1v) is 6.20. The summed E-state index contributed by atoms with van der Waals surface area (Å²) in [5.41, 5.74) is 0.250. The van der Waals surface area contributed by atoms with Crippen LogP contribution in [0.2, 0.25) is 0 Å². The average molecular weight is 266 g/mol. The van der Waals surface area contributed by atoms with Crippen molar-refractivity contribution in [2.75, 3.05) is 6.54 Å². The van der Waals surface area contributed by atoms with E-state index in [0.717, 1.165) is 19.3 Å². The Bertz CT molecular complexity index is 302. The molecule has 0 aromatic heterocycles. The van der Waals surface area contributed by atoms with Crippen molar-refractivity contribution < 1.29 is 18.0 Å². The van der Waals surface area contributed by atoms with Gasteiger partial charge in [-0.1, -0.05) is 13.8 Å². The lowest BCUT2D eigenvalue weighted by atomic mass is 9.92. The highest BCUT2D eigenvalue weighted by Crippen LogP contribution is 2.37. The van der Waals surface area contributed by atoms with Crippen LogP contribution in [0.1, 0.15) is 40.0 Å². The van der Waals surface area contributed by atoms with Crippen LogP contribution < -0.4 is 10.6 Å². The van der Waals surface area contributed by atoms with Gasteiger partial charge in [-0.15, -0.1) is 0 Å². The average Bonchev–Trinajstić information content (AvgIpc) is 2.53. The Labute approximate surface area is 106 Å². The molecule has 1 aliphatic carbocycles. The summed E-state index contributed by atoms with van der Waals surface area (Å²) in [5.74, 6) is -0.600. The summed E-state index contributed by atoms with van der Waals surface area (Å²) in [5, 5.41) is 4.98. The fourth-order valence-corrected chi connectivity index (χ4v) is 2.35. The SMILES string of the molecule is CC(NC1CCC(C)(C)C1)C(=O)NCC(F)(F)F. The third kappa shape index (κ3) is 5.25. The molecule has 0 radical (unpaired) electrons. The predicted octanol–water partition coefficient (Wildman–Crippen LogP) is 2.22. The summed E-state index contributed by atoms with van der Waals surface area (Å²) in [6, 6.07) is -0.377. The molecule has 0 saturated heterocycles.